The summed E-state index contributed by atoms with van der Waals surface area (Å²) < 4.78 is 18.7. The van der Waals surface area contributed by atoms with E-state index in [1.807, 2.05) is 16.7 Å². The molecular weight excluding hydrogens is 426 g/mol. The van der Waals surface area contributed by atoms with Crippen LogP contribution in [0.15, 0.2) is 47.6 Å². The number of hydrogen-bond acceptors (Lipinski definition) is 7. The number of ketones is 1. The molecule has 32 heavy (non-hydrogen) atoms. The summed E-state index contributed by atoms with van der Waals surface area (Å²) in [6.45, 7) is 7.66. The van der Waals surface area contributed by atoms with Gasteiger partial charge >= 0.3 is 0 Å². The summed E-state index contributed by atoms with van der Waals surface area (Å²) in [6.07, 6.45) is 0.995. The van der Waals surface area contributed by atoms with Gasteiger partial charge in [0.25, 0.3) is 0 Å². The molecule has 0 saturated heterocycles. The summed E-state index contributed by atoms with van der Waals surface area (Å²) in [5.74, 6) is 3.48. The largest absolute Gasteiger partial charge is 0.486 e. The predicted octanol–water partition coefficient (Wildman–Crippen LogP) is 4.78. The van der Waals surface area contributed by atoms with Gasteiger partial charge in [-0.15, -0.1) is 10.2 Å². The normalized spacial score (nSPS) is 12.4. The lowest BCUT2D eigenvalue weighted by Gasteiger charge is -2.13. The number of carbonyl (C=O) groups is 1. The van der Waals surface area contributed by atoms with Crippen LogP contribution in [0.2, 0.25) is 0 Å². The van der Waals surface area contributed by atoms with Gasteiger partial charge in [0.05, 0.1) is 5.75 Å². The summed E-state index contributed by atoms with van der Waals surface area (Å²) in [4.78, 5) is 12.7. The fraction of sp³-hybridized carbons (Fsp3) is 0.375. The molecule has 0 fully saturated rings. The zero-order valence-electron chi connectivity index (χ0n) is 18.5. The molecule has 0 amide bonds. The van der Waals surface area contributed by atoms with Crippen LogP contribution < -0.4 is 14.2 Å². The summed E-state index contributed by atoms with van der Waals surface area (Å²) in [7, 11) is 0. The molecule has 0 spiro atoms. The van der Waals surface area contributed by atoms with Crippen LogP contribution in [0, 0.1) is 5.92 Å². The van der Waals surface area contributed by atoms with Gasteiger partial charge < -0.3 is 18.8 Å². The number of fused-ring (bicyclic) bond motifs is 1. The lowest BCUT2D eigenvalue weighted by molar-refractivity contribution is 0.102. The maximum Gasteiger partial charge on any atom is 0.231 e. The summed E-state index contributed by atoms with van der Waals surface area (Å²) >= 11 is 1.38. The number of hydrogen-bond donors (Lipinski definition) is 0. The Balaban J connectivity index is 1.42. The maximum atomic E-state index is 12.7. The van der Waals surface area contributed by atoms with Crippen molar-refractivity contribution in [2.45, 2.75) is 45.5 Å². The quantitative estimate of drug-likeness (QED) is 0.323. The van der Waals surface area contributed by atoms with Crippen LogP contribution in [0.25, 0.3) is 0 Å². The zero-order valence-corrected chi connectivity index (χ0v) is 19.4. The maximum absolute atomic E-state index is 12.7. The standard InChI is InChI=1S/C24H27N3O4S/c1-4-17-5-8-19(9-6-17)29-13-23-25-26-24(27(23)12-16(2)3)32-14-20(28)18-7-10-21-22(11-18)31-15-30-21/h5-11,16H,4,12-15H2,1-3H3. The topological polar surface area (TPSA) is 75.5 Å². The Labute approximate surface area is 192 Å². The van der Waals surface area contributed by atoms with Crippen LogP contribution in [-0.2, 0) is 19.6 Å². The molecule has 0 bridgehead atoms. The first kappa shape index (κ1) is 22.2. The highest BCUT2D eigenvalue weighted by Crippen LogP contribution is 2.33. The lowest BCUT2D eigenvalue weighted by atomic mass is 10.1. The fourth-order valence-corrected chi connectivity index (χ4v) is 4.19. The number of aryl methyl sites for hydroxylation is 1. The number of aromatic nitrogens is 3. The molecule has 1 aromatic heterocycles. The van der Waals surface area contributed by atoms with Gasteiger partial charge in [-0.05, 0) is 48.2 Å². The number of rotatable bonds is 10. The number of nitrogens with zero attached hydrogens (tertiary/aromatic N) is 3. The molecule has 168 valence electrons. The van der Waals surface area contributed by atoms with Gasteiger partial charge in [-0.2, -0.15) is 0 Å². The second kappa shape index (κ2) is 10.1. The molecule has 7 nitrogen and oxygen atoms in total. The van der Waals surface area contributed by atoms with E-state index in [0.29, 0.717) is 34.7 Å². The molecule has 1 aliphatic rings. The molecule has 0 radical (unpaired) electrons. The molecule has 0 aliphatic carbocycles. The van der Waals surface area contributed by atoms with E-state index in [0.717, 1.165) is 24.5 Å². The Kier molecular flexibility index (Phi) is 6.99. The molecule has 4 rings (SSSR count). The monoisotopic (exact) mass is 453 g/mol. The SMILES string of the molecule is CCc1ccc(OCc2nnc(SCC(=O)c3ccc4c(c3)OCO4)n2CC(C)C)cc1. The Morgan fingerprint density at radius 2 is 1.91 bits per heavy atom. The van der Waals surface area contributed by atoms with Crippen molar-refractivity contribution in [3.8, 4) is 17.2 Å². The van der Waals surface area contributed by atoms with E-state index in [4.69, 9.17) is 14.2 Å². The van der Waals surface area contributed by atoms with Crippen LogP contribution in [0.4, 0.5) is 0 Å². The van der Waals surface area contributed by atoms with Crippen LogP contribution in [-0.4, -0.2) is 33.1 Å². The van der Waals surface area contributed by atoms with Crippen molar-refractivity contribution >= 4 is 17.5 Å². The Bertz CT molecular complexity index is 1080. The van der Waals surface area contributed by atoms with Gasteiger partial charge in [0.15, 0.2) is 28.3 Å². The van der Waals surface area contributed by atoms with E-state index in [-0.39, 0.29) is 18.3 Å². The van der Waals surface area contributed by atoms with Gasteiger partial charge in [-0.25, -0.2) is 0 Å². The lowest BCUT2D eigenvalue weighted by Crippen LogP contribution is -2.13. The van der Waals surface area contributed by atoms with E-state index in [1.54, 1.807) is 18.2 Å². The average Bonchev–Trinajstić information content (AvgIpc) is 3.42. The van der Waals surface area contributed by atoms with Crippen molar-refractivity contribution in [3.05, 3.63) is 59.4 Å². The number of ether oxygens (including phenoxy) is 3. The van der Waals surface area contributed by atoms with Crippen LogP contribution in [0.5, 0.6) is 17.2 Å². The molecule has 8 heteroatoms. The van der Waals surface area contributed by atoms with Crippen molar-refractivity contribution in [1.29, 1.82) is 0 Å². The second-order valence-corrected chi connectivity index (χ2v) is 8.91. The molecule has 2 heterocycles. The zero-order chi connectivity index (χ0) is 22.5. The third kappa shape index (κ3) is 5.24. The number of thioether (sulfide) groups is 1. The number of benzene rings is 2. The summed E-state index contributed by atoms with van der Waals surface area (Å²) in [6, 6.07) is 13.3. The minimum Gasteiger partial charge on any atom is -0.486 e. The van der Waals surface area contributed by atoms with Crippen molar-refractivity contribution in [2.24, 2.45) is 5.92 Å². The van der Waals surface area contributed by atoms with Crippen LogP contribution in [0.1, 0.15) is 42.5 Å². The Morgan fingerprint density at radius 1 is 1.12 bits per heavy atom. The van der Waals surface area contributed by atoms with Crippen LogP contribution in [0.3, 0.4) is 0 Å². The minimum atomic E-state index is 0.00112. The van der Waals surface area contributed by atoms with Gasteiger partial charge in [-0.3, -0.25) is 4.79 Å². The molecule has 1 aliphatic heterocycles. The molecule has 3 aromatic rings. The van der Waals surface area contributed by atoms with Crippen molar-refractivity contribution in [1.82, 2.24) is 14.8 Å². The predicted molar refractivity (Wildman–Crippen MR) is 123 cm³/mol. The molecule has 0 atom stereocenters. The van der Waals surface area contributed by atoms with Crippen molar-refractivity contribution in [2.75, 3.05) is 12.5 Å². The smallest absolute Gasteiger partial charge is 0.231 e. The van der Waals surface area contributed by atoms with Crippen molar-refractivity contribution < 1.29 is 19.0 Å². The highest BCUT2D eigenvalue weighted by molar-refractivity contribution is 7.99. The first-order valence-electron chi connectivity index (χ1n) is 10.7. The molecule has 0 unspecified atom stereocenters. The second-order valence-electron chi connectivity index (χ2n) is 7.97. The van der Waals surface area contributed by atoms with E-state index in [9.17, 15) is 4.79 Å². The van der Waals surface area contributed by atoms with Gasteiger partial charge in [0.2, 0.25) is 6.79 Å². The Morgan fingerprint density at radius 3 is 2.66 bits per heavy atom. The highest BCUT2D eigenvalue weighted by Gasteiger charge is 2.19. The first-order chi connectivity index (χ1) is 15.5. The number of carbonyl (C=O) groups excluding carboxylic acids is 1. The average molecular weight is 454 g/mol. The van der Waals surface area contributed by atoms with Gasteiger partial charge in [0, 0.05) is 12.1 Å². The molecular formula is C24H27N3O4S. The Hall–Kier alpha value is -3.00. The molecule has 0 saturated carbocycles. The summed E-state index contributed by atoms with van der Waals surface area (Å²) in [5, 5.41) is 9.38. The van der Waals surface area contributed by atoms with Crippen LogP contribution >= 0.6 is 11.8 Å². The van der Waals surface area contributed by atoms with E-state index < -0.39 is 0 Å². The molecule has 2 aromatic carbocycles. The van der Waals surface area contributed by atoms with Crippen molar-refractivity contribution in [3.63, 3.8) is 0 Å². The highest BCUT2D eigenvalue weighted by atomic mass is 32.2. The van der Waals surface area contributed by atoms with Gasteiger partial charge in [-0.1, -0.05) is 44.7 Å². The number of Topliss-reactive ketones (excluding diaryl/α,β-unsaturated/α-hetero) is 1. The minimum absolute atomic E-state index is 0.00112. The van der Waals surface area contributed by atoms with E-state index in [1.165, 1.54) is 17.3 Å². The fourth-order valence-electron chi connectivity index (χ4n) is 3.33. The third-order valence-corrected chi connectivity index (χ3v) is 6.03. The first-order valence-corrected chi connectivity index (χ1v) is 11.7. The van der Waals surface area contributed by atoms with E-state index >= 15 is 0 Å². The summed E-state index contributed by atoms with van der Waals surface area (Å²) in [5.41, 5.74) is 1.86. The molecule has 0 N–H and O–H groups in total. The van der Waals surface area contributed by atoms with Gasteiger partial charge in [0.1, 0.15) is 12.4 Å². The third-order valence-electron chi connectivity index (χ3n) is 5.07. The van der Waals surface area contributed by atoms with E-state index in [2.05, 4.69) is 43.1 Å².